The minimum atomic E-state index is 0.475. The summed E-state index contributed by atoms with van der Waals surface area (Å²) in [5.41, 5.74) is 5.74. The number of nitrogens with zero attached hydrogens (tertiary/aromatic N) is 3. The Balaban J connectivity index is 2.24. The van der Waals surface area contributed by atoms with Gasteiger partial charge < -0.3 is 15.4 Å². The van der Waals surface area contributed by atoms with E-state index in [0.717, 1.165) is 31.2 Å². The monoisotopic (exact) mass is 236 g/mol. The second kappa shape index (κ2) is 4.87. The summed E-state index contributed by atoms with van der Waals surface area (Å²) in [4.78, 5) is 11.0. The van der Waals surface area contributed by atoms with Gasteiger partial charge >= 0.3 is 0 Å². The standard InChI is InChI=1S/C12H20N4O/c1-8-4-10(6-13)7-16(8)11-5-12(17-3)15-9(2)14-11/h5,8,10H,4,6-7,13H2,1-3H3. The van der Waals surface area contributed by atoms with Gasteiger partial charge in [-0.1, -0.05) is 0 Å². The van der Waals surface area contributed by atoms with Crippen LogP contribution in [0.25, 0.3) is 0 Å². The lowest BCUT2D eigenvalue weighted by molar-refractivity contribution is 0.395. The fourth-order valence-electron chi connectivity index (χ4n) is 2.41. The van der Waals surface area contributed by atoms with E-state index in [-0.39, 0.29) is 0 Å². The molecule has 1 aromatic rings. The maximum absolute atomic E-state index is 5.74. The molecule has 2 N–H and O–H groups in total. The van der Waals surface area contributed by atoms with Gasteiger partial charge in [-0.15, -0.1) is 0 Å². The van der Waals surface area contributed by atoms with Crippen molar-refractivity contribution in [2.24, 2.45) is 11.7 Å². The molecule has 2 unspecified atom stereocenters. The van der Waals surface area contributed by atoms with Crippen molar-refractivity contribution in [1.82, 2.24) is 9.97 Å². The average Bonchev–Trinajstić information content (AvgIpc) is 2.69. The highest BCUT2D eigenvalue weighted by Gasteiger charge is 2.29. The van der Waals surface area contributed by atoms with Crippen LogP contribution in [-0.4, -0.2) is 36.2 Å². The van der Waals surface area contributed by atoms with Crippen LogP contribution >= 0.6 is 0 Å². The summed E-state index contributed by atoms with van der Waals surface area (Å²) < 4.78 is 5.18. The van der Waals surface area contributed by atoms with E-state index in [1.54, 1.807) is 7.11 Å². The van der Waals surface area contributed by atoms with E-state index in [0.29, 0.717) is 17.8 Å². The topological polar surface area (TPSA) is 64.3 Å². The minimum Gasteiger partial charge on any atom is -0.481 e. The lowest BCUT2D eigenvalue weighted by Crippen LogP contribution is -2.28. The molecule has 1 saturated heterocycles. The second-order valence-electron chi connectivity index (χ2n) is 4.65. The summed E-state index contributed by atoms with van der Waals surface area (Å²) in [6.45, 7) is 5.80. The van der Waals surface area contributed by atoms with E-state index in [2.05, 4.69) is 21.8 Å². The first kappa shape index (κ1) is 12.1. The molecule has 1 fully saturated rings. The molecule has 94 valence electrons. The zero-order valence-electron chi connectivity index (χ0n) is 10.7. The number of rotatable bonds is 3. The molecule has 0 aliphatic carbocycles. The molecule has 0 spiro atoms. The maximum atomic E-state index is 5.74. The van der Waals surface area contributed by atoms with Gasteiger partial charge in [0.25, 0.3) is 0 Å². The molecule has 2 rings (SSSR count). The normalized spacial score (nSPS) is 24.1. The molecule has 1 aliphatic rings. The smallest absolute Gasteiger partial charge is 0.218 e. The number of hydrogen-bond acceptors (Lipinski definition) is 5. The number of aryl methyl sites for hydroxylation is 1. The van der Waals surface area contributed by atoms with Crippen molar-refractivity contribution in [3.8, 4) is 5.88 Å². The van der Waals surface area contributed by atoms with Crippen LogP contribution in [0.2, 0.25) is 0 Å². The van der Waals surface area contributed by atoms with Crippen molar-refractivity contribution in [3.63, 3.8) is 0 Å². The third-order valence-corrected chi connectivity index (χ3v) is 3.30. The van der Waals surface area contributed by atoms with Gasteiger partial charge in [0.2, 0.25) is 5.88 Å². The van der Waals surface area contributed by atoms with Crippen LogP contribution < -0.4 is 15.4 Å². The summed E-state index contributed by atoms with van der Waals surface area (Å²) in [6, 6.07) is 2.37. The molecule has 0 radical (unpaired) electrons. The Hall–Kier alpha value is -1.36. The molecule has 1 aliphatic heterocycles. The third kappa shape index (κ3) is 2.49. The van der Waals surface area contributed by atoms with Crippen molar-refractivity contribution in [2.45, 2.75) is 26.3 Å². The van der Waals surface area contributed by atoms with Crippen molar-refractivity contribution in [2.75, 3.05) is 25.1 Å². The van der Waals surface area contributed by atoms with Crippen LogP contribution in [0.5, 0.6) is 5.88 Å². The number of ether oxygens (including phenoxy) is 1. The van der Waals surface area contributed by atoms with Gasteiger partial charge in [-0.2, -0.15) is 4.98 Å². The first-order valence-corrected chi connectivity index (χ1v) is 6.00. The Kier molecular flexibility index (Phi) is 3.47. The van der Waals surface area contributed by atoms with Gasteiger partial charge in [0, 0.05) is 18.7 Å². The molecule has 0 amide bonds. The Morgan fingerprint density at radius 2 is 2.29 bits per heavy atom. The van der Waals surface area contributed by atoms with Crippen LogP contribution in [0, 0.1) is 12.8 Å². The summed E-state index contributed by atoms with van der Waals surface area (Å²) in [5, 5.41) is 0. The Morgan fingerprint density at radius 3 is 2.88 bits per heavy atom. The highest BCUT2D eigenvalue weighted by Crippen LogP contribution is 2.28. The van der Waals surface area contributed by atoms with Crippen molar-refractivity contribution in [1.29, 1.82) is 0 Å². The van der Waals surface area contributed by atoms with E-state index in [9.17, 15) is 0 Å². The molecule has 2 atom stereocenters. The molecule has 5 heteroatoms. The molecular weight excluding hydrogens is 216 g/mol. The molecule has 2 heterocycles. The van der Waals surface area contributed by atoms with Gasteiger partial charge in [0.1, 0.15) is 11.6 Å². The maximum Gasteiger partial charge on any atom is 0.218 e. The van der Waals surface area contributed by atoms with Gasteiger partial charge in [0.05, 0.1) is 7.11 Å². The van der Waals surface area contributed by atoms with E-state index in [4.69, 9.17) is 10.5 Å². The van der Waals surface area contributed by atoms with E-state index in [1.165, 1.54) is 0 Å². The summed E-state index contributed by atoms with van der Waals surface area (Å²) in [6.07, 6.45) is 1.13. The second-order valence-corrected chi connectivity index (χ2v) is 4.65. The van der Waals surface area contributed by atoms with Crippen molar-refractivity contribution >= 4 is 5.82 Å². The lowest BCUT2D eigenvalue weighted by atomic mass is 10.1. The molecule has 0 aromatic carbocycles. The SMILES string of the molecule is COc1cc(N2CC(CN)CC2C)nc(C)n1. The first-order valence-electron chi connectivity index (χ1n) is 6.00. The van der Waals surface area contributed by atoms with Crippen LogP contribution in [0.15, 0.2) is 6.07 Å². The number of anilines is 1. The first-order chi connectivity index (χ1) is 8.13. The summed E-state index contributed by atoms with van der Waals surface area (Å²) >= 11 is 0. The lowest BCUT2D eigenvalue weighted by Gasteiger charge is -2.23. The van der Waals surface area contributed by atoms with Gasteiger partial charge in [0.15, 0.2) is 0 Å². The zero-order chi connectivity index (χ0) is 12.4. The fourth-order valence-corrected chi connectivity index (χ4v) is 2.41. The van der Waals surface area contributed by atoms with Gasteiger partial charge in [-0.05, 0) is 32.7 Å². The zero-order valence-corrected chi connectivity index (χ0v) is 10.7. The van der Waals surface area contributed by atoms with E-state index in [1.807, 2.05) is 13.0 Å². The van der Waals surface area contributed by atoms with Gasteiger partial charge in [-0.3, -0.25) is 0 Å². The molecule has 0 saturated carbocycles. The van der Waals surface area contributed by atoms with Gasteiger partial charge in [-0.25, -0.2) is 4.98 Å². The Labute approximate surface area is 102 Å². The molecule has 1 aromatic heterocycles. The molecular formula is C12H20N4O. The van der Waals surface area contributed by atoms with Crippen LogP contribution in [0.1, 0.15) is 19.2 Å². The summed E-state index contributed by atoms with van der Waals surface area (Å²) in [7, 11) is 1.63. The molecule has 17 heavy (non-hydrogen) atoms. The largest absolute Gasteiger partial charge is 0.481 e. The van der Waals surface area contributed by atoms with Crippen LogP contribution in [0.4, 0.5) is 5.82 Å². The third-order valence-electron chi connectivity index (χ3n) is 3.30. The van der Waals surface area contributed by atoms with Crippen molar-refractivity contribution < 1.29 is 4.74 Å². The van der Waals surface area contributed by atoms with Crippen molar-refractivity contribution in [3.05, 3.63) is 11.9 Å². The Morgan fingerprint density at radius 1 is 1.53 bits per heavy atom. The van der Waals surface area contributed by atoms with Crippen LogP contribution in [0.3, 0.4) is 0 Å². The molecule has 0 bridgehead atoms. The number of hydrogen-bond donors (Lipinski definition) is 1. The van der Waals surface area contributed by atoms with E-state index >= 15 is 0 Å². The average molecular weight is 236 g/mol. The Bertz CT molecular complexity index is 396. The summed E-state index contributed by atoms with van der Waals surface area (Å²) in [5.74, 6) is 2.86. The predicted molar refractivity (Wildman–Crippen MR) is 67.3 cm³/mol. The minimum absolute atomic E-state index is 0.475. The number of aromatic nitrogens is 2. The molecule has 5 nitrogen and oxygen atoms in total. The predicted octanol–water partition coefficient (Wildman–Crippen LogP) is 0.967. The number of methoxy groups -OCH3 is 1. The highest BCUT2D eigenvalue weighted by molar-refractivity contribution is 5.44. The fraction of sp³-hybridized carbons (Fsp3) is 0.667. The highest BCUT2D eigenvalue weighted by atomic mass is 16.5. The van der Waals surface area contributed by atoms with Crippen LogP contribution in [-0.2, 0) is 0 Å². The quantitative estimate of drug-likeness (QED) is 0.847. The van der Waals surface area contributed by atoms with E-state index < -0.39 is 0 Å². The number of nitrogens with two attached hydrogens (primary N) is 1.